The van der Waals surface area contributed by atoms with E-state index < -0.39 is 0 Å². The Hall–Kier alpha value is -1.91. The van der Waals surface area contributed by atoms with E-state index in [-0.39, 0.29) is 5.56 Å². The molecule has 0 atom stereocenters. The van der Waals surface area contributed by atoms with Gasteiger partial charge in [0.25, 0.3) is 5.56 Å². The summed E-state index contributed by atoms with van der Waals surface area (Å²) in [5, 5.41) is 0. The zero-order chi connectivity index (χ0) is 10.7. The number of aromatic nitrogens is 4. The molecule has 0 aliphatic heterocycles. The van der Waals surface area contributed by atoms with Gasteiger partial charge in [-0.15, -0.1) is 0 Å². The van der Waals surface area contributed by atoms with E-state index in [0.29, 0.717) is 5.69 Å². The number of nitrogens with zero attached hydrogens (tertiary/aromatic N) is 3. The molecule has 5 nitrogen and oxygen atoms in total. The molecule has 0 amide bonds. The van der Waals surface area contributed by atoms with Gasteiger partial charge in [0.1, 0.15) is 0 Å². The number of aromatic amines is 1. The summed E-state index contributed by atoms with van der Waals surface area (Å²) < 4.78 is 1.93. The Morgan fingerprint density at radius 2 is 2.40 bits per heavy atom. The highest BCUT2D eigenvalue weighted by molar-refractivity contribution is 5.51. The SMILES string of the molecule is CCCn1cncc1-c1ncc[nH]c1=O. The van der Waals surface area contributed by atoms with Gasteiger partial charge < -0.3 is 9.55 Å². The van der Waals surface area contributed by atoms with Crippen LogP contribution in [-0.4, -0.2) is 19.5 Å². The summed E-state index contributed by atoms with van der Waals surface area (Å²) in [6.45, 7) is 2.91. The average Bonchev–Trinajstić information content (AvgIpc) is 2.67. The fourth-order valence-electron chi connectivity index (χ4n) is 1.47. The topological polar surface area (TPSA) is 63.6 Å². The lowest BCUT2D eigenvalue weighted by molar-refractivity contribution is 0.682. The van der Waals surface area contributed by atoms with Gasteiger partial charge >= 0.3 is 0 Å². The average molecular weight is 204 g/mol. The van der Waals surface area contributed by atoms with Crippen molar-refractivity contribution < 1.29 is 0 Å². The molecule has 0 aliphatic rings. The molecular formula is C10H12N4O. The van der Waals surface area contributed by atoms with E-state index in [0.717, 1.165) is 18.7 Å². The van der Waals surface area contributed by atoms with Crippen LogP contribution in [0.5, 0.6) is 0 Å². The Kier molecular flexibility index (Phi) is 2.62. The van der Waals surface area contributed by atoms with Gasteiger partial charge in [-0.3, -0.25) is 4.79 Å². The van der Waals surface area contributed by atoms with Crippen LogP contribution >= 0.6 is 0 Å². The molecule has 0 aromatic carbocycles. The van der Waals surface area contributed by atoms with E-state index in [2.05, 4.69) is 21.9 Å². The molecule has 0 fully saturated rings. The number of hydrogen-bond acceptors (Lipinski definition) is 3. The van der Waals surface area contributed by atoms with Crippen LogP contribution in [0.4, 0.5) is 0 Å². The molecule has 5 heteroatoms. The second-order valence-electron chi connectivity index (χ2n) is 3.24. The third kappa shape index (κ3) is 1.81. The summed E-state index contributed by atoms with van der Waals surface area (Å²) in [6, 6.07) is 0. The molecule has 2 rings (SSSR count). The molecule has 0 saturated carbocycles. The van der Waals surface area contributed by atoms with Crippen LogP contribution in [0.3, 0.4) is 0 Å². The van der Waals surface area contributed by atoms with Gasteiger partial charge in [-0.25, -0.2) is 9.97 Å². The molecular weight excluding hydrogens is 192 g/mol. The minimum absolute atomic E-state index is 0.185. The van der Waals surface area contributed by atoms with Crippen molar-refractivity contribution in [2.24, 2.45) is 0 Å². The van der Waals surface area contributed by atoms with E-state index in [4.69, 9.17) is 0 Å². The van der Waals surface area contributed by atoms with Crippen LogP contribution in [0.15, 0.2) is 29.7 Å². The highest BCUT2D eigenvalue weighted by Crippen LogP contribution is 2.11. The summed E-state index contributed by atoms with van der Waals surface area (Å²) in [6.07, 6.45) is 7.46. The zero-order valence-electron chi connectivity index (χ0n) is 8.47. The van der Waals surface area contributed by atoms with Crippen LogP contribution in [-0.2, 0) is 6.54 Å². The first-order valence-electron chi connectivity index (χ1n) is 4.87. The van der Waals surface area contributed by atoms with Crippen LogP contribution < -0.4 is 5.56 Å². The molecule has 0 bridgehead atoms. The summed E-state index contributed by atoms with van der Waals surface area (Å²) in [7, 11) is 0. The monoisotopic (exact) mass is 204 g/mol. The van der Waals surface area contributed by atoms with Gasteiger partial charge in [-0.1, -0.05) is 6.92 Å². The smallest absolute Gasteiger partial charge is 0.276 e. The second kappa shape index (κ2) is 4.08. The summed E-state index contributed by atoms with van der Waals surface area (Å²) in [5.41, 5.74) is 0.998. The fraction of sp³-hybridized carbons (Fsp3) is 0.300. The lowest BCUT2D eigenvalue weighted by Crippen LogP contribution is -2.12. The maximum atomic E-state index is 11.5. The maximum absolute atomic E-state index is 11.5. The molecule has 0 saturated heterocycles. The quantitative estimate of drug-likeness (QED) is 0.812. The first kappa shape index (κ1) is 9.64. The summed E-state index contributed by atoms with van der Waals surface area (Å²) in [4.78, 5) is 22.2. The summed E-state index contributed by atoms with van der Waals surface area (Å²) in [5.74, 6) is 0. The molecule has 0 unspecified atom stereocenters. The van der Waals surface area contributed by atoms with Gasteiger partial charge in [0.15, 0.2) is 5.69 Å². The van der Waals surface area contributed by atoms with Crippen molar-refractivity contribution in [1.82, 2.24) is 19.5 Å². The standard InChI is InChI=1S/C10H12N4O/c1-2-5-14-7-11-6-8(14)9-10(15)13-4-3-12-9/h3-4,6-7H,2,5H2,1H3,(H,13,15). The third-order valence-electron chi connectivity index (χ3n) is 2.13. The van der Waals surface area contributed by atoms with Gasteiger partial charge in [0.2, 0.25) is 0 Å². The Labute approximate surface area is 86.8 Å². The Morgan fingerprint density at radius 3 is 3.13 bits per heavy atom. The molecule has 1 N–H and O–H groups in total. The lowest BCUT2D eigenvalue weighted by Gasteiger charge is -2.04. The molecule has 2 aromatic rings. The minimum Gasteiger partial charge on any atom is -0.329 e. The molecule has 0 radical (unpaired) electrons. The van der Waals surface area contributed by atoms with Crippen LogP contribution in [0.2, 0.25) is 0 Å². The number of aryl methyl sites for hydroxylation is 1. The predicted octanol–water partition coefficient (Wildman–Crippen LogP) is 1.04. The van der Waals surface area contributed by atoms with E-state index in [9.17, 15) is 4.79 Å². The van der Waals surface area contributed by atoms with Crippen molar-refractivity contribution in [3.63, 3.8) is 0 Å². The number of hydrogen-bond donors (Lipinski definition) is 1. The zero-order valence-corrected chi connectivity index (χ0v) is 8.47. The van der Waals surface area contributed by atoms with Crippen molar-refractivity contribution in [3.8, 4) is 11.4 Å². The molecule has 78 valence electrons. The Morgan fingerprint density at radius 1 is 1.53 bits per heavy atom. The lowest BCUT2D eigenvalue weighted by atomic mass is 10.3. The van der Waals surface area contributed by atoms with Crippen molar-refractivity contribution in [3.05, 3.63) is 35.3 Å². The predicted molar refractivity (Wildman–Crippen MR) is 56.4 cm³/mol. The maximum Gasteiger partial charge on any atom is 0.276 e. The number of H-pyrrole nitrogens is 1. The van der Waals surface area contributed by atoms with Gasteiger partial charge in [0.05, 0.1) is 18.2 Å². The minimum atomic E-state index is -0.185. The van der Waals surface area contributed by atoms with Crippen molar-refractivity contribution >= 4 is 0 Å². The van der Waals surface area contributed by atoms with Crippen molar-refractivity contribution in [1.29, 1.82) is 0 Å². The molecule has 2 aromatic heterocycles. The van der Waals surface area contributed by atoms with Crippen molar-refractivity contribution in [2.45, 2.75) is 19.9 Å². The summed E-state index contributed by atoms with van der Waals surface area (Å²) >= 11 is 0. The van der Waals surface area contributed by atoms with E-state index >= 15 is 0 Å². The normalized spacial score (nSPS) is 10.5. The van der Waals surface area contributed by atoms with Crippen LogP contribution in [0, 0.1) is 0 Å². The van der Waals surface area contributed by atoms with E-state index in [1.807, 2.05) is 4.57 Å². The van der Waals surface area contributed by atoms with Gasteiger partial charge in [-0.05, 0) is 6.42 Å². The van der Waals surface area contributed by atoms with Crippen LogP contribution in [0.25, 0.3) is 11.4 Å². The first-order valence-corrected chi connectivity index (χ1v) is 4.87. The largest absolute Gasteiger partial charge is 0.329 e. The van der Waals surface area contributed by atoms with Crippen LogP contribution in [0.1, 0.15) is 13.3 Å². The highest BCUT2D eigenvalue weighted by atomic mass is 16.1. The van der Waals surface area contributed by atoms with E-state index in [1.165, 1.54) is 6.20 Å². The number of imidazole rings is 1. The van der Waals surface area contributed by atoms with Crippen molar-refractivity contribution in [2.75, 3.05) is 0 Å². The Bertz CT molecular complexity index is 500. The number of nitrogens with one attached hydrogen (secondary N) is 1. The number of rotatable bonds is 3. The van der Waals surface area contributed by atoms with Gasteiger partial charge in [-0.2, -0.15) is 0 Å². The molecule has 0 aliphatic carbocycles. The first-order chi connectivity index (χ1) is 7.33. The molecule has 15 heavy (non-hydrogen) atoms. The van der Waals surface area contributed by atoms with E-state index in [1.54, 1.807) is 18.7 Å². The van der Waals surface area contributed by atoms with Gasteiger partial charge in [0, 0.05) is 18.9 Å². The fourth-order valence-corrected chi connectivity index (χ4v) is 1.47. The highest BCUT2D eigenvalue weighted by Gasteiger charge is 2.08. The molecule has 0 spiro atoms. The third-order valence-corrected chi connectivity index (χ3v) is 2.13. The Balaban J connectivity index is 2.50. The second-order valence-corrected chi connectivity index (χ2v) is 3.24. The molecule has 2 heterocycles.